The Morgan fingerprint density at radius 2 is 2.00 bits per heavy atom. The summed E-state index contributed by atoms with van der Waals surface area (Å²) in [5.41, 5.74) is 0.642. The van der Waals surface area contributed by atoms with Crippen LogP contribution in [0.2, 0.25) is 0 Å². The van der Waals surface area contributed by atoms with E-state index >= 15 is 0 Å². The van der Waals surface area contributed by atoms with Gasteiger partial charge in [-0.15, -0.1) is 0 Å². The third-order valence-corrected chi connectivity index (χ3v) is 3.80. The highest BCUT2D eigenvalue weighted by Crippen LogP contribution is 2.15. The standard InChI is InChI=1S/C18H25F2N5/c1-12(2)11-25-8-7-22-17(25)10-23-18(21-4)24-13(3)14-5-6-15(19)16(20)9-14/h5-9,12-13H,10-11H2,1-4H3,(H2,21,23,24). The van der Waals surface area contributed by atoms with Crippen LogP contribution in [0.15, 0.2) is 35.6 Å². The molecule has 0 amide bonds. The Balaban J connectivity index is 1.96. The van der Waals surface area contributed by atoms with E-state index in [0.717, 1.165) is 18.4 Å². The number of hydrogen-bond donors (Lipinski definition) is 2. The maximum atomic E-state index is 13.4. The van der Waals surface area contributed by atoms with Crippen molar-refractivity contribution < 1.29 is 8.78 Å². The summed E-state index contributed by atoms with van der Waals surface area (Å²) in [5, 5.41) is 6.36. The van der Waals surface area contributed by atoms with Crippen molar-refractivity contribution in [2.24, 2.45) is 10.9 Å². The monoisotopic (exact) mass is 349 g/mol. The zero-order valence-corrected chi connectivity index (χ0v) is 15.1. The first-order valence-electron chi connectivity index (χ1n) is 8.32. The molecular weight excluding hydrogens is 324 g/mol. The lowest BCUT2D eigenvalue weighted by molar-refractivity contribution is 0.502. The molecule has 0 saturated heterocycles. The van der Waals surface area contributed by atoms with E-state index in [1.165, 1.54) is 6.07 Å². The van der Waals surface area contributed by atoms with Gasteiger partial charge in [0.2, 0.25) is 0 Å². The Kier molecular flexibility index (Phi) is 6.50. The molecule has 2 rings (SSSR count). The van der Waals surface area contributed by atoms with Crippen LogP contribution in [0.5, 0.6) is 0 Å². The van der Waals surface area contributed by atoms with Crippen LogP contribution in [-0.4, -0.2) is 22.6 Å². The third-order valence-electron chi connectivity index (χ3n) is 3.80. The number of halogens is 2. The number of benzene rings is 1. The van der Waals surface area contributed by atoms with Crippen LogP contribution in [0, 0.1) is 17.6 Å². The fourth-order valence-corrected chi connectivity index (χ4v) is 2.49. The maximum Gasteiger partial charge on any atom is 0.191 e. The van der Waals surface area contributed by atoms with Crippen LogP contribution < -0.4 is 10.6 Å². The van der Waals surface area contributed by atoms with Gasteiger partial charge >= 0.3 is 0 Å². The lowest BCUT2D eigenvalue weighted by atomic mass is 10.1. The summed E-state index contributed by atoms with van der Waals surface area (Å²) in [7, 11) is 1.66. The SMILES string of the molecule is CN=C(NCc1nccn1CC(C)C)NC(C)c1ccc(F)c(F)c1. The first kappa shape index (κ1) is 18.9. The Morgan fingerprint density at radius 1 is 1.24 bits per heavy atom. The highest BCUT2D eigenvalue weighted by atomic mass is 19.2. The van der Waals surface area contributed by atoms with Crippen molar-refractivity contribution in [1.29, 1.82) is 0 Å². The normalized spacial score (nSPS) is 13.2. The van der Waals surface area contributed by atoms with Gasteiger partial charge < -0.3 is 15.2 Å². The molecule has 1 aromatic heterocycles. The van der Waals surface area contributed by atoms with Gasteiger partial charge in [0, 0.05) is 26.0 Å². The highest BCUT2D eigenvalue weighted by molar-refractivity contribution is 5.80. The van der Waals surface area contributed by atoms with Crippen molar-refractivity contribution in [3.8, 4) is 0 Å². The molecular formula is C18H25F2N5. The van der Waals surface area contributed by atoms with Gasteiger partial charge in [-0.2, -0.15) is 0 Å². The predicted molar refractivity (Wildman–Crippen MR) is 95.2 cm³/mol. The predicted octanol–water partition coefficient (Wildman–Crippen LogP) is 3.24. The molecule has 0 radical (unpaired) electrons. The quantitative estimate of drug-likeness (QED) is 0.622. The van der Waals surface area contributed by atoms with Gasteiger partial charge in [0.1, 0.15) is 5.82 Å². The molecule has 7 heteroatoms. The molecule has 2 aromatic rings. The number of imidazole rings is 1. The first-order valence-corrected chi connectivity index (χ1v) is 8.32. The number of rotatable bonds is 6. The molecule has 0 saturated carbocycles. The number of aliphatic imine (C=N–C) groups is 1. The number of hydrogen-bond acceptors (Lipinski definition) is 2. The van der Waals surface area contributed by atoms with E-state index in [2.05, 4.69) is 39.0 Å². The van der Waals surface area contributed by atoms with Crippen LogP contribution in [0.25, 0.3) is 0 Å². The molecule has 0 spiro atoms. The highest BCUT2D eigenvalue weighted by Gasteiger charge is 2.12. The van der Waals surface area contributed by atoms with Crippen LogP contribution in [0.3, 0.4) is 0 Å². The minimum Gasteiger partial charge on any atom is -0.350 e. The Bertz CT molecular complexity index is 724. The van der Waals surface area contributed by atoms with Crippen molar-refractivity contribution in [3.63, 3.8) is 0 Å². The second-order valence-corrected chi connectivity index (χ2v) is 6.36. The largest absolute Gasteiger partial charge is 0.350 e. The molecule has 0 aliphatic carbocycles. The van der Waals surface area contributed by atoms with E-state index in [1.54, 1.807) is 19.3 Å². The topological polar surface area (TPSA) is 54.2 Å². The smallest absolute Gasteiger partial charge is 0.191 e. The summed E-state index contributed by atoms with van der Waals surface area (Å²) in [6.45, 7) is 7.58. The van der Waals surface area contributed by atoms with Gasteiger partial charge in [0.05, 0.1) is 12.6 Å². The van der Waals surface area contributed by atoms with Crippen LogP contribution in [0.4, 0.5) is 8.78 Å². The van der Waals surface area contributed by atoms with E-state index < -0.39 is 11.6 Å². The van der Waals surface area contributed by atoms with Crippen LogP contribution in [-0.2, 0) is 13.1 Å². The molecule has 5 nitrogen and oxygen atoms in total. The lowest BCUT2D eigenvalue weighted by Gasteiger charge is -2.19. The summed E-state index contributed by atoms with van der Waals surface area (Å²) < 4.78 is 28.5. The van der Waals surface area contributed by atoms with E-state index in [9.17, 15) is 8.78 Å². The van der Waals surface area contributed by atoms with Gasteiger partial charge in [-0.1, -0.05) is 19.9 Å². The zero-order valence-electron chi connectivity index (χ0n) is 15.1. The Morgan fingerprint density at radius 3 is 2.64 bits per heavy atom. The molecule has 0 fully saturated rings. The molecule has 0 aliphatic heterocycles. The van der Waals surface area contributed by atoms with Gasteiger partial charge in [-0.25, -0.2) is 13.8 Å². The fraction of sp³-hybridized carbons (Fsp3) is 0.444. The van der Waals surface area contributed by atoms with Crippen molar-refractivity contribution in [2.75, 3.05) is 7.05 Å². The molecule has 2 N–H and O–H groups in total. The maximum absolute atomic E-state index is 13.4. The van der Waals surface area contributed by atoms with Crippen LogP contribution >= 0.6 is 0 Å². The number of aromatic nitrogens is 2. The average Bonchev–Trinajstić information content (AvgIpc) is 3.00. The minimum absolute atomic E-state index is 0.225. The van der Waals surface area contributed by atoms with Crippen molar-refractivity contribution in [3.05, 3.63) is 53.6 Å². The summed E-state index contributed by atoms with van der Waals surface area (Å²) in [6.07, 6.45) is 3.73. The zero-order chi connectivity index (χ0) is 18.4. The van der Waals surface area contributed by atoms with Gasteiger partial charge in [0.25, 0.3) is 0 Å². The molecule has 1 heterocycles. The molecule has 0 bridgehead atoms. The lowest BCUT2D eigenvalue weighted by Crippen LogP contribution is -2.38. The van der Waals surface area contributed by atoms with E-state index in [0.29, 0.717) is 24.0 Å². The molecule has 0 aliphatic rings. The van der Waals surface area contributed by atoms with Gasteiger partial charge in [0.15, 0.2) is 17.6 Å². The number of guanidine groups is 1. The molecule has 25 heavy (non-hydrogen) atoms. The number of nitrogens with zero attached hydrogens (tertiary/aromatic N) is 3. The Hall–Kier alpha value is -2.44. The van der Waals surface area contributed by atoms with E-state index in [-0.39, 0.29) is 6.04 Å². The van der Waals surface area contributed by atoms with Crippen molar-refractivity contribution in [2.45, 2.75) is 39.9 Å². The second kappa shape index (κ2) is 8.60. The summed E-state index contributed by atoms with van der Waals surface area (Å²) >= 11 is 0. The van der Waals surface area contributed by atoms with Gasteiger partial charge in [-0.05, 0) is 30.5 Å². The summed E-state index contributed by atoms with van der Waals surface area (Å²) in [4.78, 5) is 8.53. The summed E-state index contributed by atoms with van der Waals surface area (Å²) in [6, 6.07) is 3.65. The van der Waals surface area contributed by atoms with E-state index in [1.807, 2.05) is 13.1 Å². The average molecular weight is 349 g/mol. The molecule has 136 valence electrons. The van der Waals surface area contributed by atoms with E-state index in [4.69, 9.17) is 0 Å². The first-order chi connectivity index (χ1) is 11.9. The molecule has 1 aromatic carbocycles. The van der Waals surface area contributed by atoms with Crippen molar-refractivity contribution >= 4 is 5.96 Å². The molecule has 1 atom stereocenters. The summed E-state index contributed by atoms with van der Waals surface area (Å²) in [5.74, 6) is 0.299. The minimum atomic E-state index is -0.857. The van der Waals surface area contributed by atoms with Crippen molar-refractivity contribution in [1.82, 2.24) is 20.2 Å². The number of nitrogens with one attached hydrogen (secondary N) is 2. The van der Waals surface area contributed by atoms with Gasteiger partial charge in [-0.3, -0.25) is 4.99 Å². The third kappa shape index (κ3) is 5.27. The molecule has 1 unspecified atom stereocenters. The van der Waals surface area contributed by atoms with Crippen LogP contribution in [0.1, 0.15) is 38.2 Å². The fourth-order valence-electron chi connectivity index (χ4n) is 2.49. The Labute approximate surface area is 147 Å². The second-order valence-electron chi connectivity index (χ2n) is 6.36.